The predicted octanol–water partition coefficient (Wildman–Crippen LogP) is 0.463. The van der Waals surface area contributed by atoms with Gasteiger partial charge in [0.25, 0.3) is 5.56 Å². The summed E-state index contributed by atoms with van der Waals surface area (Å²) in [5.41, 5.74) is 5.45. The molecule has 0 aliphatic carbocycles. The number of methoxy groups -OCH3 is 1. The van der Waals surface area contributed by atoms with Crippen LogP contribution >= 0.6 is 0 Å². The Bertz CT molecular complexity index is 1280. The molecule has 2 aromatic rings. The molecule has 5 rings (SSSR count). The second-order valence-corrected chi connectivity index (χ2v) is 8.52. The van der Waals surface area contributed by atoms with Crippen LogP contribution in [0.2, 0.25) is 0 Å². The standard InChI is InChI=1S/C24H26N4O6/c1-14-13-17-18(21(29)28(14)8-7-27-9-11-33-12-10-27)24(19(20(25)34-17)22(30)32-2)15-5-3-4-6-16(15)26-23(24)31/h3-6,13H,7-12,25H2,1-2H3,(H,26,31)/t24-/m1/s1. The van der Waals surface area contributed by atoms with Gasteiger partial charge in [-0.2, -0.15) is 0 Å². The third kappa shape index (κ3) is 3.13. The molecule has 34 heavy (non-hydrogen) atoms. The Morgan fingerprint density at radius 3 is 2.68 bits per heavy atom. The normalized spacial score (nSPS) is 21.6. The fourth-order valence-electron chi connectivity index (χ4n) is 5.10. The summed E-state index contributed by atoms with van der Waals surface area (Å²) in [4.78, 5) is 42.9. The van der Waals surface area contributed by atoms with Gasteiger partial charge in [-0.25, -0.2) is 4.79 Å². The number of benzene rings is 1. The zero-order valence-corrected chi connectivity index (χ0v) is 19.1. The minimum absolute atomic E-state index is 0.0529. The number of carbonyl (C=O) groups excluding carboxylic acids is 2. The van der Waals surface area contributed by atoms with Crippen LogP contribution in [0, 0.1) is 6.92 Å². The fraction of sp³-hybridized carbons (Fsp3) is 0.375. The lowest BCUT2D eigenvalue weighted by atomic mass is 9.68. The average molecular weight is 466 g/mol. The lowest BCUT2D eigenvalue weighted by Crippen LogP contribution is -2.50. The molecule has 3 aliphatic heterocycles. The number of anilines is 1. The lowest BCUT2D eigenvalue weighted by Gasteiger charge is -2.35. The van der Waals surface area contributed by atoms with Crippen LogP contribution in [0.3, 0.4) is 0 Å². The largest absolute Gasteiger partial charge is 0.465 e. The third-order valence-corrected chi connectivity index (χ3v) is 6.74. The molecule has 1 atom stereocenters. The quantitative estimate of drug-likeness (QED) is 0.623. The Balaban J connectivity index is 1.72. The molecule has 3 aliphatic rings. The van der Waals surface area contributed by atoms with Gasteiger partial charge in [-0.1, -0.05) is 18.2 Å². The number of aryl methyl sites for hydroxylation is 1. The summed E-state index contributed by atoms with van der Waals surface area (Å²) in [6, 6.07) is 8.61. The van der Waals surface area contributed by atoms with Crippen LogP contribution in [0.4, 0.5) is 5.69 Å². The van der Waals surface area contributed by atoms with Crippen LogP contribution in [0.25, 0.3) is 0 Å². The molecule has 1 aromatic carbocycles. The van der Waals surface area contributed by atoms with E-state index in [1.54, 1.807) is 41.8 Å². The number of morpholine rings is 1. The van der Waals surface area contributed by atoms with Gasteiger partial charge in [0.1, 0.15) is 16.7 Å². The number of carbonyl (C=O) groups is 2. The molecule has 1 aromatic heterocycles. The summed E-state index contributed by atoms with van der Waals surface area (Å²) in [5.74, 6) is -1.50. The number of esters is 1. The van der Waals surface area contributed by atoms with E-state index in [-0.39, 0.29) is 22.8 Å². The first kappa shape index (κ1) is 22.2. The van der Waals surface area contributed by atoms with Crippen LogP contribution in [-0.4, -0.2) is 61.3 Å². The van der Waals surface area contributed by atoms with Gasteiger partial charge >= 0.3 is 5.97 Å². The number of amides is 1. The molecule has 10 heteroatoms. The molecular formula is C24H26N4O6. The molecule has 3 N–H and O–H groups in total. The van der Waals surface area contributed by atoms with E-state index in [0.717, 1.165) is 13.1 Å². The Hall–Kier alpha value is -3.63. The highest BCUT2D eigenvalue weighted by molar-refractivity contribution is 6.17. The van der Waals surface area contributed by atoms with Crippen molar-refractivity contribution in [2.24, 2.45) is 5.73 Å². The van der Waals surface area contributed by atoms with Crippen molar-refractivity contribution in [1.82, 2.24) is 9.47 Å². The maximum absolute atomic E-state index is 14.0. The number of fused-ring (bicyclic) bond motifs is 4. The van der Waals surface area contributed by atoms with E-state index in [4.69, 9.17) is 19.9 Å². The third-order valence-electron chi connectivity index (χ3n) is 6.74. The summed E-state index contributed by atoms with van der Waals surface area (Å²) in [5, 5.41) is 2.81. The number of rotatable bonds is 4. The molecule has 1 spiro atoms. The van der Waals surface area contributed by atoms with Crippen LogP contribution in [0.1, 0.15) is 16.8 Å². The summed E-state index contributed by atoms with van der Waals surface area (Å²) < 4.78 is 17.8. The van der Waals surface area contributed by atoms with E-state index in [9.17, 15) is 14.4 Å². The van der Waals surface area contributed by atoms with Crippen molar-refractivity contribution >= 4 is 17.6 Å². The van der Waals surface area contributed by atoms with Gasteiger partial charge in [-0.3, -0.25) is 14.5 Å². The van der Waals surface area contributed by atoms with Gasteiger partial charge in [0, 0.05) is 49.2 Å². The van der Waals surface area contributed by atoms with Crippen molar-refractivity contribution in [1.29, 1.82) is 0 Å². The summed E-state index contributed by atoms with van der Waals surface area (Å²) in [7, 11) is 1.19. The molecule has 4 heterocycles. The molecular weight excluding hydrogens is 440 g/mol. The zero-order chi connectivity index (χ0) is 24.0. The van der Waals surface area contributed by atoms with Gasteiger partial charge < -0.3 is 29.8 Å². The fourth-order valence-corrected chi connectivity index (χ4v) is 5.10. The van der Waals surface area contributed by atoms with Crippen molar-refractivity contribution in [3.63, 3.8) is 0 Å². The van der Waals surface area contributed by atoms with Crippen molar-refractivity contribution in [3.8, 4) is 5.75 Å². The number of nitrogens with one attached hydrogen (secondary N) is 1. The van der Waals surface area contributed by atoms with Crippen LogP contribution in [0.5, 0.6) is 5.75 Å². The number of nitrogens with zero attached hydrogens (tertiary/aromatic N) is 2. The number of nitrogens with two attached hydrogens (primary N) is 1. The molecule has 1 amide bonds. The van der Waals surface area contributed by atoms with E-state index in [0.29, 0.717) is 43.2 Å². The summed E-state index contributed by atoms with van der Waals surface area (Å²) >= 11 is 0. The molecule has 1 saturated heterocycles. The van der Waals surface area contributed by atoms with E-state index < -0.39 is 22.9 Å². The van der Waals surface area contributed by atoms with E-state index in [2.05, 4.69) is 10.2 Å². The summed E-state index contributed by atoms with van der Waals surface area (Å²) in [6.45, 7) is 5.72. The Morgan fingerprint density at radius 2 is 1.94 bits per heavy atom. The van der Waals surface area contributed by atoms with Gasteiger partial charge in [0.15, 0.2) is 0 Å². The predicted molar refractivity (Wildman–Crippen MR) is 122 cm³/mol. The first-order chi connectivity index (χ1) is 16.4. The molecule has 1 fully saturated rings. The zero-order valence-electron chi connectivity index (χ0n) is 19.1. The molecule has 0 unspecified atom stereocenters. The minimum Gasteiger partial charge on any atom is -0.465 e. The average Bonchev–Trinajstić information content (AvgIpc) is 3.11. The highest BCUT2D eigenvalue weighted by atomic mass is 16.5. The number of hydrogen-bond donors (Lipinski definition) is 2. The summed E-state index contributed by atoms with van der Waals surface area (Å²) in [6.07, 6.45) is 0. The first-order valence-corrected chi connectivity index (χ1v) is 11.1. The topological polar surface area (TPSA) is 125 Å². The van der Waals surface area contributed by atoms with Crippen molar-refractivity contribution < 1.29 is 23.8 Å². The minimum atomic E-state index is -1.78. The van der Waals surface area contributed by atoms with E-state index in [1.807, 2.05) is 0 Å². The molecule has 0 saturated carbocycles. The molecule has 178 valence electrons. The maximum Gasteiger partial charge on any atom is 0.340 e. The number of para-hydroxylation sites is 1. The number of pyridine rings is 1. The Morgan fingerprint density at radius 1 is 1.21 bits per heavy atom. The van der Waals surface area contributed by atoms with Crippen molar-refractivity contribution in [2.45, 2.75) is 18.9 Å². The van der Waals surface area contributed by atoms with Crippen LogP contribution in [-0.2, 0) is 31.0 Å². The lowest BCUT2D eigenvalue weighted by molar-refractivity contribution is -0.138. The second kappa shape index (κ2) is 8.30. The molecule has 0 bridgehead atoms. The number of ether oxygens (including phenoxy) is 3. The van der Waals surface area contributed by atoms with Crippen LogP contribution < -0.4 is 21.3 Å². The highest BCUT2D eigenvalue weighted by Gasteiger charge is 2.60. The molecule has 10 nitrogen and oxygen atoms in total. The van der Waals surface area contributed by atoms with Gasteiger partial charge in [-0.05, 0) is 13.0 Å². The maximum atomic E-state index is 14.0. The second-order valence-electron chi connectivity index (χ2n) is 8.52. The van der Waals surface area contributed by atoms with E-state index in [1.165, 1.54) is 7.11 Å². The highest BCUT2D eigenvalue weighted by Crippen LogP contribution is 2.52. The van der Waals surface area contributed by atoms with Gasteiger partial charge in [-0.15, -0.1) is 0 Å². The van der Waals surface area contributed by atoms with Crippen molar-refractivity contribution in [2.75, 3.05) is 45.3 Å². The molecule has 0 radical (unpaired) electrons. The first-order valence-electron chi connectivity index (χ1n) is 11.1. The van der Waals surface area contributed by atoms with E-state index >= 15 is 0 Å². The Kier molecular flexibility index (Phi) is 5.41. The Labute approximate surface area is 195 Å². The number of hydrogen-bond acceptors (Lipinski definition) is 8. The van der Waals surface area contributed by atoms with Gasteiger partial charge in [0.2, 0.25) is 11.8 Å². The number of aromatic nitrogens is 1. The monoisotopic (exact) mass is 466 g/mol. The van der Waals surface area contributed by atoms with Crippen LogP contribution in [0.15, 0.2) is 46.6 Å². The SMILES string of the molecule is COC(=O)C1=C(N)Oc2cc(C)n(CCN3CCOCC3)c(=O)c2[C@@]12C(=O)Nc1ccccc12. The van der Waals surface area contributed by atoms with Gasteiger partial charge in [0.05, 0.1) is 25.9 Å². The smallest absolute Gasteiger partial charge is 0.340 e. The van der Waals surface area contributed by atoms with Crippen molar-refractivity contribution in [3.05, 3.63) is 69.0 Å².